The Morgan fingerprint density at radius 2 is 1.80 bits per heavy atom. The van der Waals surface area contributed by atoms with Gasteiger partial charge in [0.15, 0.2) is 6.23 Å². The van der Waals surface area contributed by atoms with Gasteiger partial charge in [0.1, 0.15) is 6.10 Å². The fraction of sp³-hybridized carbons (Fsp3) is 0.200. The molecular weight excluding hydrogens is 376 g/mol. The Bertz CT molecular complexity index is 686. The maximum Gasteiger partial charge on any atom is 0 e. The van der Waals surface area contributed by atoms with E-state index in [2.05, 4.69) is 31.5 Å². The molecule has 0 aromatic carbocycles. The van der Waals surface area contributed by atoms with Gasteiger partial charge in [0.2, 0.25) is 0 Å². The monoisotopic (exact) mass is 391 g/mol. The van der Waals surface area contributed by atoms with Crippen LogP contribution in [-0.2, 0) is 35.8 Å². The molecular formula is C15H15FeN2O7-. The van der Waals surface area contributed by atoms with Crippen molar-refractivity contribution in [3.63, 3.8) is 0 Å². The van der Waals surface area contributed by atoms with Crippen LogP contribution < -0.4 is 11.2 Å². The second-order valence-corrected chi connectivity index (χ2v) is 3.59. The van der Waals surface area contributed by atoms with Crippen LogP contribution in [0.2, 0.25) is 0 Å². The Balaban J connectivity index is -0.000000250. The van der Waals surface area contributed by atoms with Crippen LogP contribution in [-0.4, -0.2) is 27.4 Å². The van der Waals surface area contributed by atoms with Gasteiger partial charge in [0.25, 0.3) is 5.56 Å². The van der Waals surface area contributed by atoms with E-state index in [4.69, 9.17) is 23.8 Å². The van der Waals surface area contributed by atoms with E-state index in [-0.39, 0.29) is 31.1 Å². The zero-order valence-corrected chi connectivity index (χ0v) is 14.2. The predicted octanol–water partition coefficient (Wildman–Crippen LogP) is -0.126. The molecule has 0 saturated carbocycles. The molecule has 2 rings (SSSR count). The zero-order chi connectivity index (χ0) is 18.4. The molecule has 9 nitrogen and oxygen atoms in total. The van der Waals surface area contributed by atoms with Gasteiger partial charge in [-0.2, -0.15) is 0 Å². The minimum absolute atomic E-state index is 0. The van der Waals surface area contributed by atoms with Crippen LogP contribution in [0, 0.1) is 27.4 Å². The van der Waals surface area contributed by atoms with Gasteiger partial charge in [-0.25, -0.2) is 4.79 Å². The normalized spacial score (nSPS) is 16.2. The molecule has 0 aliphatic carbocycles. The molecule has 0 radical (unpaired) electrons. The van der Waals surface area contributed by atoms with E-state index in [0.717, 1.165) is 5.57 Å². The van der Waals surface area contributed by atoms with Crippen LogP contribution in [0.3, 0.4) is 0 Å². The number of rotatable bonds is 3. The van der Waals surface area contributed by atoms with Gasteiger partial charge >= 0.3 is 39.6 Å². The number of nitrogens with zero attached hydrogens (tertiary/aromatic N) is 1. The molecule has 1 aromatic rings. The molecule has 2 atom stereocenters. The summed E-state index contributed by atoms with van der Waals surface area (Å²) in [6.07, 6.45) is 3.47. The largest absolute Gasteiger partial charge is 0.358 e. The van der Waals surface area contributed by atoms with E-state index in [0.29, 0.717) is 0 Å². The molecule has 1 aromatic heterocycles. The number of ether oxygens (including phenoxy) is 1. The van der Waals surface area contributed by atoms with E-state index in [1.54, 1.807) is 12.2 Å². The molecule has 0 spiro atoms. The van der Waals surface area contributed by atoms with Crippen LogP contribution in [0.25, 0.3) is 0 Å². The predicted molar refractivity (Wildman–Crippen MR) is 78.8 cm³/mol. The standard InChI is InChI=1S/C11H12N2O4.3CO.CH3.Fe/c1-2-7-5-10(17-8(7)6-14)13-4-3-9(15)12-11(13)16;3*1-2;;/h2-5,8,10,14H,1,6H2,(H,12,15,16);;;;1H3;/q;;;;-1;/t8-,10-;;;;;/m1...../s1. The van der Waals surface area contributed by atoms with Crippen molar-refractivity contribution in [2.45, 2.75) is 12.3 Å². The Morgan fingerprint density at radius 3 is 2.16 bits per heavy atom. The molecule has 0 unspecified atom stereocenters. The van der Waals surface area contributed by atoms with Gasteiger partial charge in [-0.1, -0.05) is 12.7 Å². The number of aromatic nitrogens is 2. The van der Waals surface area contributed by atoms with E-state index in [9.17, 15) is 9.59 Å². The second-order valence-electron chi connectivity index (χ2n) is 3.59. The number of aromatic amines is 1. The molecule has 25 heavy (non-hydrogen) atoms. The van der Waals surface area contributed by atoms with Crippen molar-refractivity contribution in [1.82, 2.24) is 9.55 Å². The van der Waals surface area contributed by atoms with Crippen molar-refractivity contribution in [2.75, 3.05) is 6.61 Å². The maximum absolute atomic E-state index is 11.5. The summed E-state index contributed by atoms with van der Waals surface area (Å²) >= 11 is 0. The number of nitrogens with one attached hydrogen (secondary N) is 1. The third kappa shape index (κ3) is 9.02. The summed E-state index contributed by atoms with van der Waals surface area (Å²) in [7, 11) is 0. The number of aliphatic hydroxyl groups is 1. The first kappa shape index (κ1) is 30.7. The zero-order valence-electron chi connectivity index (χ0n) is 13.1. The van der Waals surface area contributed by atoms with Gasteiger partial charge in [-0.15, -0.1) is 0 Å². The molecule has 136 valence electrons. The Hall–Kier alpha value is -2.18. The molecule has 0 fully saturated rings. The topological polar surface area (TPSA) is 144 Å². The number of hydrogen-bond acceptors (Lipinski definition) is 4. The van der Waals surface area contributed by atoms with E-state index >= 15 is 0 Å². The van der Waals surface area contributed by atoms with Crippen molar-refractivity contribution in [3.05, 3.63) is 84.8 Å². The Kier molecular flexibility index (Phi) is 22.3. The van der Waals surface area contributed by atoms with Crippen molar-refractivity contribution >= 4 is 0 Å². The average Bonchev–Trinajstić information content (AvgIpc) is 3.03. The molecule has 0 bridgehead atoms. The van der Waals surface area contributed by atoms with Crippen molar-refractivity contribution in [1.29, 1.82) is 0 Å². The van der Waals surface area contributed by atoms with Gasteiger partial charge in [0.05, 0.1) is 6.61 Å². The van der Waals surface area contributed by atoms with Crippen molar-refractivity contribution in [2.24, 2.45) is 0 Å². The molecule has 1 aliphatic heterocycles. The molecule has 2 heterocycles. The maximum atomic E-state index is 11.5. The average molecular weight is 391 g/mol. The number of H-pyrrole nitrogens is 1. The van der Waals surface area contributed by atoms with Crippen LogP contribution in [0.5, 0.6) is 0 Å². The SMILES string of the molecule is C=CC1=C[C@H](n2ccc(=O)[nH]c2=O)O[C@@H]1CO.[C-]#[O+].[C-]#[O+].[C-]#[O+].[CH3-].[Fe]. The van der Waals surface area contributed by atoms with Crippen LogP contribution in [0.4, 0.5) is 0 Å². The van der Waals surface area contributed by atoms with E-state index in [1.807, 2.05) is 0 Å². The summed E-state index contributed by atoms with van der Waals surface area (Å²) in [5, 5.41) is 9.09. The van der Waals surface area contributed by atoms with Crippen LogP contribution in [0.1, 0.15) is 6.23 Å². The van der Waals surface area contributed by atoms with Crippen molar-refractivity contribution < 1.29 is 40.9 Å². The van der Waals surface area contributed by atoms with E-state index in [1.165, 1.54) is 16.8 Å². The molecule has 0 saturated heterocycles. The van der Waals surface area contributed by atoms with E-state index < -0.39 is 23.6 Å². The summed E-state index contributed by atoms with van der Waals surface area (Å²) < 4.78 is 29.2. The van der Waals surface area contributed by atoms with Crippen molar-refractivity contribution in [3.8, 4) is 0 Å². The minimum atomic E-state index is -0.635. The third-order valence-electron chi connectivity index (χ3n) is 2.54. The Morgan fingerprint density at radius 1 is 1.28 bits per heavy atom. The second kappa shape index (κ2) is 18.2. The summed E-state index contributed by atoms with van der Waals surface area (Å²) in [6, 6.07) is 1.23. The first-order chi connectivity index (χ1) is 11.2. The van der Waals surface area contributed by atoms with Gasteiger partial charge in [0, 0.05) is 29.3 Å². The van der Waals surface area contributed by atoms with Crippen LogP contribution >= 0.6 is 0 Å². The first-order valence-corrected chi connectivity index (χ1v) is 5.69. The molecule has 0 amide bonds. The molecule has 2 N–H and O–H groups in total. The summed E-state index contributed by atoms with van der Waals surface area (Å²) in [4.78, 5) is 24.6. The molecule has 1 aliphatic rings. The summed E-state index contributed by atoms with van der Waals surface area (Å²) in [5.41, 5.74) is -0.299. The van der Waals surface area contributed by atoms with Gasteiger partial charge in [-0.3, -0.25) is 14.3 Å². The van der Waals surface area contributed by atoms with Crippen LogP contribution in [0.15, 0.2) is 46.2 Å². The molecule has 10 heteroatoms. The fourth-order valence-electron chi connectivity index (χ4n) is 1.68. The van der Waals surface area contributed by atoms with Gasteiger partial charge < -0.3 is 17.3 Å². The fourth-order valence-corrected chi connectivity index (χ4v) is 1.68. The third-order valence-corrected chi connectivity index (χ3v) is 2.54. The smallest absolute Gasteiger partial charge is 0 e. The summed E-state index contributed by atoms with van der Waals surface area (Å²) in [6.45, 7) is 16.9. The summed E-state index contributed by atoms with van der Waals surface area (Å²) in [5.74, 6) is 0. The number of hydrogen-bond donors (Lipinski definition) is 2. The number of aliphatic hydroxyl groups excluding tert-OH is 1. The minimum Gasteiger partial charge on any atom is -0.358 e. The quantitative estimate of drug-likeness (QED) is 0.420. The Labute approximate surface area is 154 Å². The first-order valence-electron chi connectivity index (χ1n) is 5.69. The van der Waals surface area contributed by atoms with Gasteiger partial charge in [-0.05, 0) is 11.6 Å².